The number of rotatable bonds is 4. The molecule has 1 aromatic heterocycles. The Hall–Kier alpha value is -1.87. The molecule has 2 aromatic carbocycles. The molecule has 0 N–H and O–H groups in total. The second kappa shape index (κ2) is 6.49. The van der Waals surface area contributed by atoms with Gasteiger partial charge in [-0.2, -0.15) is 0 Å². The molecule has 3 aromatic rings. The van der Waals surface area contributed by atoms with Crippen molar-refractivity contribution in [3.05, 3.63) is 60.2 Å². The summed E-state index contributed by atoms with van der Waals surface area (Å²) in [5, 5.41) is 1.92. The third-order valence-electron chi connectivity index (χ3n) is 3.45. The number of alkyl halides is 1. The quantitative estimate of drug-likeness (QED) is 0.569. The number of pyridine rings is 1. The molecule has 0 aliphatic rings. The Morgan fingerprint density at radius 1 is 1.05 bits per heavy atom. The number of fused-ring (bicyclic) bond motifs is 1. The first-order valence-electron chi connectivity index (χ1n) is 7.39. The number of nitrogens with zero attached hydrogens (tertiary/aromatic N) is 1. The lowest BCUT2D eigenvalue weighted by molar-refractivity contribution is 0.243. The van der Waals surface area contributed by atoms with Gasteiger partial charge in [0, 0.05) is 16.3 Å². The molecule has 112 valence electrons. The lowest BCUT2D eigenvalue weighted by atomic mass is 10.0. The van der Waals surface area contributed by atoms with Crippen molar-refractivity contribution in [2.75, 3.05) is 0 Å². The van der Waals surface area contributed by atoms with Crippen molar-refractivity contribution < 1.29 is 4.74 Å². The third-order valence-corrected chi connectivity index (χ3v) is 4.06. The maximum absolute atomic E-state index is 5.96. The molecule has 0 amide bonds. The van der Waals surface area contributed by atoms with E-state index in [0.717, 1.165) is 33.2 Å². The average molecular weight is 356 g/mol. The minimum absolute atomic E-state index is 0.133. The molecule has 0 spiro atoms. The van der Waals surface area contributed by atoms with E-state index < -0.39 is 0 Å². The van der Waals surface area contributed by atoms with E-state index >= 15 is 0 Å². The van der Waals surface area contributed by atoms with E-state index in [1.54, 1.807) is 0 Å². The van der Waals surface area contributed by atoms with Gasteiger partial charge in [0.25, 0.3) is 0 Å². The van der Waals surface area contributed by atoms with Crippen molar-refractivity contribution >= 4 is 26.8 Å². The van der Waals surface area contributed by atoms with Crippen LogP contribution in [0.3, 0.4) is 0 Å². The number of halogens is 1. The van der Waals surface area contributed by atoms with E-state index in [9.17, 15) is 0 Å². The van der Waals surface area contributed by atoms with Crippen LogP contribution in [-0.4, -0.2) is 11.1 Å². The van der Waals surface area contributed by atoms with Crippen LogP contribution in [0.25, 0.3) is 22.2 Å². The largest absolute Gasteiger partial charge is 0.490 e. The molecule has 0 saturated carbocycles. The number of hydrogen-bond donors (Lipinski definition) is 0. The second-order valence-corrected chi connectivity index (χ2v) is 6.05. The molecule has 0 bridgehead atoms. The fourth-order valence-electron chi connectivity index (χ4n) is 2.51. The third kappa shape index (κ3) is 3.00. The molecule has 3 rings (SSSR count). The summed E-state index contributed by atoms with van der Waals surface area (Å²) in [7, 11) is 0. The molecular formula is C19H18BrNO. The number of aromatic nitrogens is 1. The van der Waals surface area contributed by atoms with E-state index in [-0.39, 0.29) is 6.10 Å². The maximum atomic E-state index is 5.96. The summed E-state index contributed by atoms with van der Waals surface area (Å²) in [5.74, 6) is 0.877. The van der Waals surface area contributed by atoms with Crippen molar-refractivity contribution in [1.82, 2.24) is 4.98 Å². The topological polar surface area (TPSA) is 22.1 Å². The SMILES string of the molecule is CC(C)Oc1ccccc1-c1nc2ccccc2cc1CBr. The number of ether oxygens (including phenoxy) is 1. The summed E-state index contributed by atoms with van der Waals surface area (Å²) in [6, 6.07) is 18.5. The van der Waals surface area contributed by atoms with Crippen LogP contribution in [0.1, 0.15) is 19.4 Å². The molecule has 1 heterocycles. The van der Waals surface area contributed by atoms with Crippen LogP contribution < -0.4 is 4.74 Å². The monoisotopic (exact) mass is 355 g/mol. The van der Waals surface area contributed by atoms with Gasteiger partial charge in [0.15, 0.2) is 0 Å². The van der Waals surface area contributed by atoms with Crippen molar-refractivity contribution in [3.63, 3.8) is 0 Å². The van der Waals surface area contributed by atoms with Gasteiger partial charge in [-0.15, -0.1) is 0 Å². The molecule has 0 aliphatic carbocycles. The predicted molar refractivity (Wildman–Crippen MR) is 95.6 cm³/mol. The van der Waals surface area contributed by atoms with E-state index in [4.69, 9.17) is 9.72 Å². The minimum atomic E-state index is 0.133. The molecule has 0 radical (unpaired) electrons. The summed E-state index contributed by atoms with van der Waals surface area (Å²) in [6.45, 7) is 4.08. The number of para-hydroxylation sites is 2. The molecule has 0 saturated heterocycles. The molecule has 2 nitrogen and oxygen atoms in total. The molecule has 0 aliphatic heterocycles. The van der Waals surface area contributed by atoms with Gasteiger partial charge in [-0.1, -0.05) is 46.3 Å². The van der Waals surface area contributed by atoms with Crippen molar-refractivity contribution in [2.24, 2.45) is 0 Å². The van der Waals surface area contributed by atoms with Crippen LogP contribution in [-0.2, 0) is 5.33 Å². The maximum Gasteiger partial charge on any atom is 0.129 e. The van der Waals surface area contributed by atoms with Crippen molar-refractivity contribution in [3.8, 4) is 17.0 Å². The zero-order valence-corrected chi connectivity index (χ0v) is 14.3. The first kappa shape index (κ1) is 15.0. The highest BCUT2D eigenvalue weighted by molar-refractivity contribution is 9.08. The Morgan fingerprint density at radius 3 is 2.55 bits per heavy atom. The van der Waals surface area contributed by atoms with Gasteiger partial charge < -0.3 is 4.74 Å². The van der Waals surface area contributed by atoms with Crippen LogP contribution in [0.2, 0.25) is 0 Å². The van der Waals surface area contributed by atoms with Gasteiger partial charge in [-0.3, -0.25) is 0 Å². The standard InChI is InChI=1S/C19H18BrNO/c1-13(2)22-18-10-6-4-8-16(18)19-15(12-20)11-14-7-3-5-9-17(14)21-19/h3-11,13H,12H2,1-2H3. The van der Waals surface area contributed by atoms with Gasteiger partial charge in [0.2, 0.25) is 0 Å². The summed E-state index contributed by atoms with van der Waals surface area (Å²) in [4.78, 5) is 4.87. The van der Waals surface area contributed by atoms with Gasteiger partial charge in [-0.05, 0) is 43.7 Å². The molecular weight excluding hydrogens is 338 g/mol. The smallest absolute Gasteiger partial charge is 0.129 e. The van der Waals surface area contributed by atoms with Crippen LogP contribution in [0, 0.1) is 0 Å². The Morgan fingerprint density at radius 2 is 1.77 bits per heavy atom. The zero-order chi connectivity index (χ0) is 15.5. The van der Waals surface area contributed by atoms with E-state index in [2.05, 4.69) is 34.1 Å². The Bertz CT molecular complexity index is 798. The Kier molecular flexibility index (Phi) is 4.44. The number of hydrogen-bond acceptors (Lipinski definition) is 2. The van der Waals surface area contributed by atoms with E-state index in [1.165, 1.54) is 5.56 Å². The lowest BCUT2D eigenvalue weighted by Crippen LogP contribution is -2.07. The minimum Gasteiger partial charge on any atom is -0.490 e. The first-order chi connectivity index (χ1) is 10.7. The van der Waals surface area contributed by atoms with Gasteiger partial charge in [0.05, 0.1) is 17.3 Å². The first-order valence-corrected chi connectivity index (χ1v) is 8.52. The fourth-order valence-corrected chi connectivity index (χ4v) is 2.94. The predicted octanol–water partition coefficient (Wildman–Crippen LogP) is 5.58. The second-order valence-electron chi connectivity index (χ2n) is 5.49. The summed E-state index contributed by atoms with van der Waals surface area (Å²) in [5.41, 5.74) is 4.18. The van der Waals surface area contributed by atoms with Crippen LogP contribution in [0.5, 0.6) is 5.75 Å². The van der Waals surface area contributed by atoms with Crippen LogP contribution >= 0.6 is 15.9 Å². The summed E-state index contributed by atoms with van der Waals surface area (Å²) in [6.07, 6.45) is 0.133. The highest BCUT2D eigenvalue weighted by Crippen LogP contribution is 2.34. The lowest BCUT2D eigenvalue weighted by Gasteiger charge is -2.16. The van der Waals surface area contributed by atoms with Gasteiger partial charge in [0.1, 0.15) is 5.75 Å². The molecule has 0 fully saturated rings. The van der Waals surface area contributed by atoms with Gasteiger partial charge in [-0.25, -0.2) is 4.98 Å². The molecule has 0 unspecified atom stereocenters. The Balaban J connectivity index is 2.21. The number of benzene rings is 2. The highest BCUT2D eigenvalue weighted by atomic mass is 79.9. The Labute approximate surface area is 139 Å². The average Bonchev–Trinajstić information content (AvgIpc) is 2.53. The van der Waals surface area contributed by atoms with Crippen LogP contribution in [0.4, 0.5) is 0 Å². The fraction of sp³-hybridized carbons (Fsp3) is 0.211. The zero-order valence-electron chi connectivity index (χ0n) is 12.7. The molecule has 0 atom stereocenters. The molecule has 3 heteroatoms. The van der Waals surface area contributed by atoms with Crippen molar-refractivity contribution in [2.45, 2.75) is 25.3 Å². The molecule has 22 heavy (non-hydrogen) atoms. The van der Waals surface area contributed by atoms with E-state index in [1.807, 2.05) is 50.2 Å². The highest BCUT2D eigenvalue weighted by Gasteiger charge is 2.13. The normalized spacial score (nSPS) is 11.1. The summed E-state index contributed by atoms with van der Waals surface area (Å²) >= 11 is 3.59. The van der Waals surface area contributed by atoms with Gasteiger partial charge >= 0.3 is 0 Å². The van der Waals surface area contributed by atoms with Crippen molar-refractivity contribution in [1.29, 1.82) is 0 Å². The van der Waals surface area contributed by atoms with E-state index in [0.29, 0.717) is 0 Å². The summed E-state index contributed by atoms with van der Waals surface area (Å²) < 4.78 is 5.96. The van der Waals surface area contributed by atoms with Crippen LogP contribution in [0.15, 0.2) is 54.6 Å².